The van der Waals surface area contributed by atoms with E-state index in [0.717, 1.165) is 11.4 Å². The average Bonchev–Trinajstić information content (AvgIpc) is 2.44. The van der Waals surface area contributed by atoms with Crippen molar-refractivity contribution in [3.8, 4) is 5.75 Å². The van der Waals surface area contributed by atoms with E-state index in [1.54, 1.807) is 14.0 Å². The maximum absolute atomic E-state index is 11.8. The number of hydrogen-bond acceptors (Lipinski definition) is 5. The van der Waals surface area contributed by atoms with E-state index < -0.39 is 6.04 Å². The van der Waals surface area contributed by atoms with E-state index in [1.807, 2.05) is 38.1 Å². The van der Waals surface area contributed by atoms with Crippen LogP contribution in [0.4, 0.5) is 5.69 Å². The molecule has 0 aromatic heterocycles. The highest BCUT2D eigenvalue weighted by Gasteiger charge is 2.28. The van der Waals surface area contributed by atoms with Gasteiger partial charge in [0, 0.05) is 5.69 Å². The summed E-state index contributed by atoms with van der Waals surface area (Å²) >= 11 is 0. The Morgan fingerprint density at radius 1 is 1.30 bits per heavy atom. The molecule has 5 nitrogen and oxygen atoms in total. The number of nitrogens with two attached hydrogens (primary N) is 1. The van der Waals surface area contributed by atoms with Gasteiger partial charge in [0.05, 0.1) is 19.8 Å². The fourth-order valence-corrected chi connectivity index (χ4v) is 1.94. The Labute approximate surface area is 120 Å². The molecule has 0 fully saturated rings. The van der Waals surface area contributed by atoms with Crippen LogP contribution in [0.5, 0.6) is 5.75 Å². The van der Waals surface area contributed by atoms with Gasteiger partial charge in [-0.25, -0.2) is 0 Å². The Bertz CT molecular complexity index is 418. The van der Waals surface area contributed by atoms with Gasteiger partial charge >= 0.3 is 5.97 Å². The molecule has 0 heterocycles. The summed E-state index contributed by atoms with van der Waals surface area (Å²) in [6.07, 6.45) is 0. The molecule has 3 N–H and O–H groups in total. The number of benzene rings is 1. The molecule has 1 aromatic carbocycles. The molecule has 1 rings (SSSR count). The zero-order chi connectivity index (χ0) is 15.1. The molecule has 0 aliphatic rings. The number of carbonyl (C=O) groups excluding carboxylic acids is 1. The first-order chi connectivity index (χ1) is 9.49. The van der Waals surface area contributed by atoms with Crippen molar-refractivity contribution in [1.29, 1.82) is 0 Å². The number of carbonyl (C=O) groups is 1. The van der Waals surface area contributed by atoms with E-state index in [0.29, 0.717) is 6.61 Å². The maximum Gasteiger partial charge on any atom is 0.325 e. The SMILES string of the molecule is CCOC(=O)C(N)C(Nc1ccc(OC)cc1)C(C)C. The largest absolute Gasteiger partial charge is 0.497 e. The van der Waals surface area contributed by atoms with Crippen molar-refractivity contribution < 1.29 is 14.3 Å². The Hall–Kier alpha value is -1.75. The summed E-state index contributed by atoms with van der Waals surface area (Å²) in [5.41, 5.74) is 6.88. The van der Waals surface area contributed by atoms with Crippen LogP contribution in [0.2, 0.25) is 0 Å². The molecule has 1 aromatic rings. The van der Waals surface area contributed by atoms with Gasteiger partial charge in [0.15, 0.2) is 0 Å². The Morgan fingerprint density at radius 2 is 1.90 bits per heavy atom. The van der Waals surface area contributed by atoms with E-state index in [1.165, 1.54) is 0 Å². The van der Waals surface area contributed by atoms with Gasteiger partial charge in [-0.1, -0.05) is 13.8 Å². The predicted molar refractivity (Wildman–Crippen MR) is 79.9 cm³/mol. The van der Waals surface area contributed by atoms with E-state index in [2.05, 4.69) is 5.32 Å². The molecule has 0 spiro atoms. The van der Waals surface area contributed by atoms with Crippen LogP contribution < -0.4 is 15.8 Å². The van der Waals surface area contributed by atoms with Crippen LogP contribution in [0.1, 0.15) is 20.8 Å². The van der Waals surface area contributed by atoms with Gasteiger partial charge in [-0.2, -0.15) is 0 Å². The standard InChI is InChI=1S/C15H24N2O3/c1-5-20-15(18)13(16)14(10(2)3)17-11-6-8-12(19-4)9-7-11/h6-10,13-14,17H,5,16H2,1-4H3. The molecular formula is C15H24N2O3. The topological polar surface area (TPSA) is 73.6 Å². The first-order valence-corrected chi connectivity index (χ1v) is 6.82. The minimum atomic E-state index is -0.697. The molecule has 0 amide bonds. The Balaban J connectivity index is 2.78. The van der Waals surface area contributed by atoms with Gasteiger partial charge in [0.25, 0.3) is 0 Å². The van der Waals surface area contributed by atoms with Gasteiger partial charge in [-0.3, -0.25) is 4.79 Å². The van der Waals surface area contributed by atoms with E-state index in [9.17, 15) is 4.79 Å². The Kier molecular flexibility index (Phi) is 6.31. The number of hydrogen-bond donors (Lipinski definition) is 2. The fraction of sp³-hybridized carbons (Fsp3) is 0.533. The molecule has 0 radical (unpaired) electrons. The minimum absolute atomic E-state index is 0.191. The fourth-order valence-electron chi connectivity index (χ4n) is 1.94. The predicted octanol–water partition coefficient (Wildman–Crippen LogP) is 2.02. The van der Waals surface area contributed by atoms with Crippen LogP contribution in [-0.4, -0.2) is 31.8 Å². The van der Waals surface area contributed by atoms with Crippen LogP contribution in [0.3, 0.4) is 0 Å². The summed E-state index contributed by atoms with van der Waals surface area (Å²) in [5, 5.41) is 3.29. The van der Waals surface area contributed by atoms with Crippen molar-refractivity contribution in [3.63, 3.8) is 0 Å². The van der Waals surface area contributed by atoms with Crippen molar-refractivity contribution in [1.82, 2.24) is 0 Å². The monoisotopic (exact) mass is 280 g/mol. The number of ether oxygens (including phenoxy) is 2. The highest BCUT2D eigenvalue weighted by atomic mass is 16.5. The quantitative estimate of drug-likeness (QED) is 0.748. The van der Waals surface area contributed by atoms with Gasteiger partial charge in [-0.05, 0) is 37.1 Å². The summed E-state index contributed by atoms with van der Waals surface area (Å²) in [4.78, 5) is 11.8. The molecule has 0 aliphatic heterocycles. The molecule has 20 heavy (non-hydrogen) atoms. The average molecular weight is 280 g/mol. The molecule has 0 aliphatic carbocycles. The molecule has 112 valence electrons. The molecule has 0 saturated carbocycles. The lowest BCUT2D eigenvalue weighted by Gasteiger charge is -2.28. The lowest BCUT2D eigenvalue weighted by molar-refractivity contribution is -0.145. The van der Waals surface area contributed by atoms with E-state index >= 15 is 0 Å². The number of methoxy groups -OCH3 is 1. The van der Waals surface area contributed by atoms with Gasteiger partial charge < -0.3 is 20.5 Å². The van der Waals surface area contributed by atoms with Gasteiger partial charge in [0.2, 0.25) is 0 Å². The highest BCUT2D eigenvalue weighted by molar-refractivity contribution is 5.77. The summed E-state index contributed by atoms with van der Waals surface area (Å²) in [6, 6.07) is 6.61. The first-order valence-electron chi connectivity index (χ1n) is 6.82. The molecule has 5 heteroatoms. The second-order valence-electron chi connectivity index (χ2n) is 4.92. The second kappa shape index (κ2) is 7.75. The zero-order valence-corrected chi connectivity index (χ0v) is 12.6. The third-order valence-electron chi connectivity index (χ3n) is 3.09. The van der Waals surface area contributed by atoms with Crippen molar-refractivity contribution in [2.45, 2.75) is 32.9 Å². The van der Waals surface area contributed by atoms with Crippen molar-refractivity contribution >= 4 is 11.7 Å². The third kappa shape index (κ3) is 4.42. The number of rotatable bonds is 7. The highest BCUT2D eigenvalue weighted by Crippen LogP contribution is 2.19. The third-order valence-corrected chi connectivity index (χ3v) is 3.09. The smallest absolute Gasteiger partial charge is 0.325 e. The van der Waals surface area contributed by atoms with Crippen LogP contribution in [-0.2, 0) is 9.53 Å². The zero-order valence-electron chi connectivity index (χ0n) is 12.6. The second-order valence-corrected chi connectivity index (χ2v) is 4.92. The van der Waals surface area contributed by atoms with Crippen LogP contribution in [0.15, 0.2) is 24.3 Å². The van der Waals surface area contributed by atoms with Crippen molar-refractivity contribution in [2.24, 2.45) is 11.7 Å². The van der Waals surface area contributed by atoms with Gasteiger partial charge in [0.1, 0.15) is 11.8 Å². The Morgan fingerprint density at radius 3 is 2.35 bits per heavy atom. The molecule has 2 atom stereocenters. The summed E-state index contributed by atoms with van der Waals surface area (Å²) < 4.78 is 10.1. The summed E-state index contributed by atoms with van der Waals surface area (Å²) in [6.45, 7) is 6.13. The molecule has 2 unspecified atom stereocenters. The number of anilines is 1. The van der Waals surface area contributed by atoms with E-state index in [4.69, 9.17) is 15.2 Å². The van der Waals surface area contributed by atoms with Crippen LogP contribution in [0, 0.1) is 5.92 Å². The molecule has 0 saturated heterocycles. The van der Waals surface area contributed by atoms with Crippen LogP contribution in [0.25, 0.3) is 0 Å². The minimum Gasteiger partial charge on any atom is -0.497 e. The van der Waals surface area contributed by atoms with Crippen molar-refractivity contribution in [2.75, 3.05) is 19.0 Å². The molecule has 0 bridgehead atoms. The molecular weight excluding hydrogens is 256 g/mol. The van der Waals surface area contributed by atoms with Crippen molar-refractivity contribution in [3.05, 3.63) is 24.3 Å². The lowest BCUT2D eigenvalue weighted by Crippen LogP contribution is -2.49. The summed E-state index contributed by atoms with van der Waals surface area (Å²) in [7, 11) is 1.62. The number of nitrogens with one attached hydrogen (secondary N) is 1. The van der Waals surface area contributed by atoms with Gasteiger partial charge in [-0.15, -0.1) is 0 Å². The maximum atomic E-state index is 11.8. The number of esters is 1. The van der Waals surface area contributed by atoms with E-state index in [-0.39, 0.29) is 17.9 Å². The summed E-state index contributed by atoms with van der Waals surface area (Å²) in [5.74, 6) is 0.593. The normalized spacial score (nSPS) is 13.7. The lowest BCUT2D eigenvalue weighted by atomic mass is 9.96. The van der Waals surface area contributed by atoms with Crippen LogP contribution >= 0.6 is 0 Å². The first kappa shape index (κ1) is 16.3.